The Kier molecular flexibility index (Phi) is 45.9. The monoisotopic (exact) mass is 742 g/mol. The molecule has 314 valence electrons. The van der Waals surface area contributed by atoms with Crippen LogP contribution in [-0.2, 0) is 14.3 Å². The molecular formula is C46H95NO5. The molecule has 52 heavy (non-hydrogen) atoms. The van der Waals surface area contributed by atoms with Crippen molar-refractivity contribution in [3.63, 3.8) is 0 Å². The number of aliphatic hydroxyl groups excluding tert-OH is 2. The average Bonchev–Trinajstić information content (AvgIpc) is 3.13. The van der Waals surface area contributed by atoms with Crippen molar-refractivity contribution in [2.75, 3.05) is 39.6 Å². The average molecular weight is 742 g/mol. The van der Waals surface area contributed by atoms with Gasteiger partial charge in [-0.3, -0.25) is 4.79 Å². The first-order valence-corrected chi connectivity index (χ1v) is 23.2. The van der Waals surface area contributed by atoms with Crippen LogP contribution in [0.1, 0.15) is 247 Å². The summed E-state index contributed by atoms with van der Waals surface area (Å²) in [5.41, 5.74) is -0.107. The van der Waals surface area contributed by atoms with Crippen LogP contribution in [0.3, 0.4) is 0 Å². The second-order valence-corrected chi connectivity index (χ2v) is 16.0. The summed E-state index contributed by atoms with van der Waals surface area (Å²) in [5, 5.41) is 18.4. The first-order valence-electron chi connectivity index (χ1n) is 23.2. The Morgan fingerprint density at radius 1 is 0.481 bits per heavy atom. The molecule has 6 heteroatoms. The molecule has 0 spiro atoms. The van der Waals surface area contributed by atoms with Crippen LogP contribution >= 0.6 is 0 Å². The zero-order valence-corrected chi connectivity index (χ0v) is 36.1. The zero-order chi connectivity index (χ0) is 38.6. The summed E-state index contributed by atoms with van der Waals surface area (Å²) < 4.78 is 11.0. The minimum Gasteiger partial charge on any atom is -0.466 e. The molecule has 0 aromatic carbocycles. The lowest BCUT2D eigenvalue weighted by Crippen LogP contribution is -2.29. The van der Waals surface area contributed by atoms with Gasteiger partial charge in [0, 0.05) is 13.0 Å². The van der Waals surface area contributed by atoms with Gasteiger partial charge in [0.15, 0.2) is 0 Å². The topological polar surface area (TPSA) is 79.2 Å². The summed E-state index contributed by atoms with van der Waals surface area (Å²) in [6, 6.07) is 0. The molecule has 0 bridgehead atoms. The van der Waals surface area contributed by atoms with Crippen molar-refractivity contribution < 1.29 is 24.5 Å². The van der Waals surface area contributed by atoms with Gasteiger partial charge in [-0.25, -0.2) is 0 Å². The third-order valence-corrected chi connectivity index (χ3v) is 10.6. The van der Waals surface area contributed by atoms with Crippen molar-refractivity contribution in [2.45, 2.75) is 252 Å². The maximum Gasteiger partial charge on any atom is 0.305 e. The predicted molar refractivity (Wildman–Crippen MR) is 226 cm³/mol. The number of nitrogens with zero attached hydrogens (tertiary/aromatic N) is 1. The van der Waals surface area contributed by atoms with Gasteiger partial charge in [-0.15, -0.1) is 0 Å². The van der Waals surface area contributed by atoms with Crippen molar-refractivity contribution in [3.8, 4) is 0 Å². The Bertz CT molecular complexity index is 659. The van der Waals surface area contributed by atoms with Crippen LogP contribution in [-0.4, -0.2) is 66.3 Å². The van der Waals surface area contributed by atoms with Crippen LogP contribution in [0.15, 0.2) is 0 Å². The van der Waals surface area contributed by atoms with Crippen LogP contribution in [0.25, 0.3) is 0 Å². The lowest BCUT2D eigenvalue weighted by atomic mass is 9.91. The van der Waals surface area contributed by atoms with Gasteiger partial charge >= 0.3 is 5.97 Å². The van der Waals surface area contributed by atoms with Gasteiger partial charge in [0.2, 0.25) is 0 Å². The van der Waals surface area contributed by atoms with Crippen molar-refractivity contribution in [2.24, 2.45) is 0 Å². The lowest BCUT2D eigenvalue weighted by Gasteiger charge is -2.29. The van der Waals surface area contributed by atoms with Crippen LogP contribution in [0, 0.1) is 0 Å². The van der Waals surface area contributed by atoms with E-state index in [1.54, 1.807) is 0 Å². The molecule has 0 saturated carbocycles. The number of aliphatic hydroxyl groups is 2. The summed E-state index contributed by atoms with van der Waals surface area (Å²) in [7, 11) is 0. The molecule has 0 rings (SSSR count). The number of unbranched alkanes of at least 4 members (excludes halogenated alkanes) is 25. The molecule has 0 fully saturated rings. The van der Waals surface area contributed by atoms with E-state index >= 15 is 0 Å². The Balaban J connectivity index is 0. The molecule has 0 heterocycles. The van der Waals surface area contributed by atoms with Crippen LogP contribution in [0.4, 0.5) is 0 Å². The molecule has 0 aromatic heterocycles. The summed E-state index contributed by atoms with van der Waals surface area (Å²) >= 11 is 0. The fourth-order valence-electron chi connectivity index (χ4n) is 7.03. The molecule has 0 aliphatic heterocycles. The largest absolute Gasteiger partial charge is 0.466 e. The normalized spacial score (nSPS) is 11.6. The molecule has 0 aromatic rings. The Morgan fingerprint density at radius 3 is 1.25 bits per heavy atom. The number of esters is 1. The molecule has 0 saturated heterocycles. The maximum atomic E-state index is 11.8. The predicted octanol–water partition coefficient (Wildman–Crippen LogP) is 13.5. The number of ether oxygens (including phenoxy) is 2. The zero-order valence-electron chi connectivity index (χ0n) is 36.1. The van der Waals surface area contributed by atoms with E-state index in [-0.39, 0.29) is 25.0 Å². The molecule has 0 aliphatic carbocycles. The van der Waals surface area contributed by atoms with E-state index in [1.807, 2.05) is 0 Å². The number of hydrogen-bond donors (Lipinski definition) is 2. The Labute approximate surface area is 326 Å². The van der Waals surface area contributed by atoms with E-state index < -0.39 is 0 Å². The minimum absolute atomic E-state index is 0.0148. The van der Waals surface area contributed by atoms with Gasteiger partial charge in [0.1, 0.15) is 6.79 Å². The fourth-order valence-corrected chi connectivity index (χ4v) is 7.03. The highest BCUT2D eigenvalue weighted by molar-refractivity contribution is 5.69. The molecule has 6 nitrogen and oxygen atoms in total. The fraction of sp³-hybridized carbons (Fsp3) is 0.978. The van der Waals surface area contributed by atoms with Crippen molar-refractivity contribution >= 4 is 5.97 Å². The van der Waals surface area contributed by atoms with Gasteiger partial charge in [-0.2, -0.15) is 0 Å². The molecule has 0 aliphatic rings. The Hall–Kier alpha value is -0.690. The van der Waals surface area contributed by atoms with Crippen molar-refractivity contribution in [1.29, 1.82) is 0 Å². The van der Waals surface area contributed by atoms with Gasteiger partial charge in [0.25, 0.3) is 0 Å². The van der Waals surface area contributed by atoms with Crippen LogP contribution < -0.4 is 0 Å². The minimum atomic E-state index is -0.137. The van der Waals surface area contributed by atoms with Gasteiger partial charge in [-0.1, -0.05) is 195 Å². The first kappa shape index (κ1) is 53.4. The molecule has 0 unspecified atom stereocenters. The number of rotatable bonds is 41. The van der Waals surface area contributed by atoms with E-state index in [2.05, 4.69) is 39.5 Å². The summed E-state index contributed by atoms with van der Waals surface area (Å²) in [6.07, 6.45) is 41.0. The highest BCUT2D eigenvalue weighted by Crippen LogP contribution is 2.26. The highest BCUT2D eigenvalue weighted by Gasteiger charge is 2.23. The molecule has 2 N–H and O–H groups in total. The van der Waals surface area contributed by atoms with E-state index in [9.17, 15) is 9.90 Å². The molecular weight excluding hydrogens is 647 g/mol. The summed E-state index contributed by atoms with van der Waals surface area (Å²) in [5.74, 6) is -0.0148. The summed E-state index contributed by atoms with van der Waals surface area (Å²) in [6.45, 7) is 14.9. The maximum absolute atomic E-state index is 11.8. The van der Waals surface area contributed by atoms with Crippen LogP contribution in [0.2, 0.25) is 0 Å². The summed E-state index contributed by atoms with van der Waals surface area (Å²) in [4.78, 5) is 14.2. The van der Waals surface area contributed by atoms with E-state index in [0.717, 1.165) is 51.7 Å². The standard InChI is InChI=1S/C27H55NO3.C19H40O2/c1-3-5-7-9-11-16-20-26-31-27(30)21-17-13-12-15-19-23-28(24-25-29)22-18-14-10-8-6-4-2;1-4-6-8-10-12-14-16-19(3,21-18-20)17-15-13-11-9-7-5-2/h29H,3-26H2,1-2H3;20H,4-18H2,1-3H3. The third-order valence-electron chi connectivity index (χ3n) is 10.6. The Morgan fingerprint density at radius 2 is 0.846 bits per heavy atom. The number of carbonyl (C=O) groups excluding carboxylic acids is 1. The van der Waals surface area contributed by atoms with Gasteiger partial charge in [-0.05, 0) is 58.5 Å². The van der Waals surface area contributed by atoms with E-state index in [0.29, 0.717) is 13.0 Å². The SMILES string of the molecule is CCCCCCCCC(C)(CCCCCCCC)OCO.CCCCCCCCCOC(=O)CCCCCCCN(CCO)CCCCCCCC. The molecule has 0 atom stereocenters. The lowest BCUT2D eigenvalue weighted by molar-refractivity contribution is -0.143. The van der Waals surface area contributed by atoms with Crippen LogP contribution in [0.5, 0.6) is 0 Å². The first-order chi connectivity index (χ1) is 25.4. The second kappa shape index (κ2) is 44.7. The van der Waals surface area contributed by atoms with E-state index in [4.69, 9.17) is 14.6 Å². The highest BCUT2D eigenvalue weighted by atomic mass is 16.6. The van der Waals surface area contributed by atoms with Crippen molar-refractivity contribution in [3.05, 3.63) is 0 Å². The number of hydrogen-bond acceptors (Lipinski definition) is 6. The molecule has 0 amide bonds. The second-order valence-electron chi connectivity index (χ2n) is 16.0. The number of carbonyl (C=O) groups is 1. The van der Waals surface area contributed by atoms with Gasteiger partial charge in [0.05, 0.1) is 18.8 Å². The smallest absolute Gasteiger partial charge is 0.305 e. The molecule has 0 radical (unpaired) electrons. The van der Waals surface area contributed by atoms with Crippen molar-refractivity contribution in [1.82, 2.24) is 4.90 Å². The van der Waals surface area contributed by atoms with Gasteiger partial charge < -0.3 is 24.6 Å². The quantitative estimate of drug-likeness (QED) is 0.0369. The van der Waals surface area contributed by atoms with E-state index in [1.165, 1.54) is 173 Å². The third kappa shape index (κ3) is 42.1.